The smallest absolute Gasteiger partial charge is 0.337 e. The summed E-state index contributed by atoms with van der Waals surface area (Å²) in [5, 5.41) is 8.16. The number of rotatable bonds is 6. The van der Waals surface area contributed by atoms with E-state index in [2.05, 4.69) is 10.6 Å². The summed E-state index contributed by atoms with van der Waals surface area (Å²) in [7, 11) is 2.99. The van der Waals surface area contributed by atoms with E-state index in [1.807, 2.05) is 41.8 Å². The van der Waals surface area contributed by atoms with Crippen LogP contribution in [0.25, 0.3) is 11.3 Å². The summed E-state index contributed by atoms with van der Waals surface area (Å²) in [6.07, 6.45) is 0. The number of likely N-dealkylation sites (N-methyl/N-ethyl adjacent to an activating group) is 1. The zero-order valence-corrected chi connectivity index (χ0v) is 20.7. The second-order valence-electron chi connectivity index (χ2n) is 8.69. The van der Waals surface area contributed by atoms with Crippen LogP contribution in [0.3, 0.4) is 0 Å². The van der Waals surface area contributed by atoms with Gasteiger partial charge in [0.2, 0.25) is 5.91 Å². The molecule has 8 nitrogen and oxygen atoms in total. The highest BCUT2D eigenvalue weighted by molar-refractivity contribution is 7.11. The molecule has 2 heterocycles. The normalized spacial score (nSPS) is 14.1. The topological polar surface area (TPSA) is 114 Å². The van der Waals surface area contributed by atoms with Crippen LogP contribution in [0.4, 0.5) is 17.1 Å². The number of nitrogens with two attached hydrogens (primary N) is 1. The van der Waals surface area contributed by atoms with Crippen LogP contribution < -0.4 is 21.3 Å². The van der Waals surface area contributed by atoms with Crippen LogP contribution in [-0.2, 0) is 14.3 Å². The molecule has 0 fully saturated rings. The Balaban J connectivity index is 1.71. The molecular formula is C26H26N4O4S. The van der Waals surface area contributed by atoms with Gasteiger partial charge in [-0.1, -0.05) is 12.1 Å². The predicted molar refractivity (Wildman–Crippen MR) is 139 cm³/mol. The molecule has 35 heavy (non-hydrogen) atoms. The number of fused-ring (bicyclic) bond motifs is 1. The standard InChI is InChI=1S/C26H26N4O4S/c1-26(2,27)25(33)30(3)17-10-8-16(9-11-17)28-22(20-6-5-13-35-20)21-18-12-7-15(24(32)34-4)14-19(18)29-23(21)31/h5-14,28H,27H2,1-4H3,(H,29,31)/b22-21-. The third kappa shape index (κ3) is 4.82. The molecule has 0 saturated carbocycles. The maximum absolute atomic E-state index is 13.0. The summed E-state index contributed by atoms with van der Waals surface area (Å²) in [6, 6.07) is 16.1. The van der Waals surface area contributed by atoms with Crippen molar-refractivity contribution in [3.63, 3.8) is 0 Å². The van der Waals surface area contributed by atoms with E-state index in [-0.39, 0.29) is 11.8 Å². The number of esters is 1. The van der Waals surface area contributed by atoms with Gasteiger partial charge in [-0.25, -0.2) is 4.79 Å². The number of hydrogen-bond donors (Lipinski definition) is 3. The monoisotopic (exact) mass is 490 g/mol. The minimum absolute atomic E-state index is 0.204. The van der Waals surface area contributed by atoms with E-state index < -0.39 is 11.5 Å². The van der Waals surface area contributed by atoms with E-state index in [0.29, 0.717) is 33.8 Å². The summed E-state index contributed by atoms with van der Waals surface area (Å²) in [5.74, 6) is -0.951. The second kappa shape index (κ2) is 9.36. The van der Waals surface area contributed by atoms with Crippen molar-refractivity contribution < 1.29 is 19.1 Å². The summed E-state index contributed by atoms with van der Waals surface area (Å²) in [4.78, 5) is 39.9. The largest absolute Gasteiger partial charge is 0.465 e. The number of benzene rings is 2. The molecule has 3 aromatic rings. The van der Waals surface area contributed by atoms with Gasteiger partial charge in [-0.15, -0.1) is 11.3 Å². The zero-order valence-electron chi connectivity index (χ0n) is 19.8. The van der Waals surface area contributed by atoms with Crippen molar-refractivity contribution in [1.82, 2.24) is 0 Å². The van der Waals surface area contributed by atoms with E-state index in [1.54, 1.807) is 39.1 Å². The first-order valence-corrected chi connectivity index (χ1v) is 11.7. The number of ether oxygens (including phenoxy) is 1. The zero-order chi connectivity index (χ0) is 25.3. The quantitative estimate of drug-likeness (QED) is 0.353. The van der Waals surface area contributed by atoms with Crippen LogP contribution >= 0.6 is 11.3 Å². The molecule has 0 unspecified atom stereocenters. The highest BCUT2D eigenvalue weighted by atomic mass is 32.1. The van der Waals surface area contributed by atoms with E-state index in [1.165, 1.54) is 23.3 Å². The Morgan fingerprint density at radius 1 is 1.11 bits per heavy atom. The van der Waals surface area contributed by atoms with Crippen LogP contribution in [0.15, 0.2) is 60.0 Å². The Morgan fingerprint density at radius 3 is 2.43 bits per heavy atom. The van der Waals surface area contributed by atoms with E-state index in [9.17, 15) is 14.4 Å². The number of hydrogen-bond acceptors (Lipinski definition) is 7. The first kappa shape index (κ1) is 24.2. The highest BCUT2D eigenvalue weighted by Gasteiger charge is 2.30. The number of anilines is 3. The first-order valence-electron chi connectivity index (χ1n) is 10.9. The molecule has 9 heteroatoms. The molecule has 2 aromatic carbocycles. The van der Waals surface area contributed by atoms with Crippen molar-refractivity contribution >= 4 is 57.5 Å². The van der Waals surface area contributed by atoms with Gasteiger partial charge in [0.15, 0.2) is 0 Å². The van der Waals surface area contributed by atoms with Crippen molar-refractivity contribution in [1.29, 1.82) is 0 Å². The third-order valence-electron chi connectivity index (χ3n) is 5.58. The lowest BCUT2D eigenvalue weighted by Crippen LogP contribution is -2.49. The predicted octanol–water partition coefficient (Wildman–Crippen LogP) is 4.17. The van der Waals surface area contributed by atoms with Crippen molar-refractivity contribution in [2.45, 2.75) is 19.4 Å². The molecule has 1 aliphatic heterocycles. The fraction of sp³-hybridized carbons (Fsp3) is 0.192. The van der Waals surface area contributed by atoms with Gasteiger partial charge in [0.05, 0.1) is 40.0 Å². The molecule has 0 spiro atoms. The Morgan fingerprint density at radius 2 is 1.83 bits per heavy atom. The van der Waals surface area contributed by atoms with Gasteiger partial charge in [-0.05, 0) is 61.7 Å². The summed E-state index contributed by atoms with van der Waals surface area (Å²) < 4.78 is 4.79. The minimum Gasteiger partial charge on any atom is -0.465 e. The fourth-order valence-electron chi connectivity index (χ4n) is 3.80. The number of nitrogens with one attached hydrogen (secondary N) is 2. The van der Waals surface area contributed by atoms with Crippen LogP contribution in [0.2, 0.25) is 0 Å². The Labute approximate surface area is 207 Å². The Hall–Kier alpha value is -3.95. The number of nitrogens with zero attached hydrogens (tertiary/aromatic N) is 1. The van der Waals surface area contributed by atoms with Gasteiger partial charge in [0.25, 0.3) is 5.91 Å². The van der Waals surface area contributed by atoms with Crippen molar-refractivity contribution in [2.75, 3.05) is 29.7 Å². The number of carbonyl (C=O) groups excluding carboxylic acids is 3. The average Bonchev–Trinajstić information content (AvgIpc) is 3.48. The lowest BCUT2D eigenvalue weighted by Gasteiger charge is -2.26. The highest BCUT2D eigenvalue weighted by Crippen LogP contribution is 2.39. The lowest BCUT2D eigenvalue weighted by atomic mass is 10.0. The number of carbonyl (C=O) groups is 3. The molecule has 0 aliphatic carbocycles. The van der Waals surface area contributed by atoms with Crippen LogP contribution in [0.5, 0.6) is 0 Å². The van der Waals surface area contributed by atoms with Crippen LogP contribution in [0, 0.1) is 0 Å². The molecule has 0 saturated heterocycles. The van der Waals surface area contributed by atoms with Crippen molar-refractivity contribution in [3.8, 4) is 0 Å². The van der Waals surface area contributed by atoms with Gasteiger partial charge in [0.1, 0.15) is 0 Å². The molecule has 4 rings (SSSR count). The van der Waals surface area contributed by atoms with E-state index in [4.69, 9.17) is 10.5 Å². The SMILES string of the molecule is COC(=O)c1ccc2c(c1)NC(=O)/C2=C(\Nc1ccc(N(C)C(=O)C(C)(C)N)cc1)c1cccs1. The van der Waals surface area contributed by atoms with Crippen LogP contribution in [-0.4, -0.2) is 37.5 Å². The van der Waals surface area contributed by atoms with E-state index in [0.717, 1.165) is 10.6 Å². The second-order valence-corrected chi connectivity index (χ2v) is 9.64. The average molecular weight is 491 g/mol. The lowest BCUT2D eigenvalue weighted by molar-refractivity contribution is -0.122. The molecule has 0 radical (unpaired) electrons. The molecule has 180 valence electrons. The molecule has 4 N–H and O–H groups in total. The summed E-state index contributed by atoms with van der Waals surface area (Å²) >= 11 is 1.50. The maximum atomic E-state index is 13.0. The van der Waals surface area contributed by atoms with Gasteiger partial charge in [0, 0.05) is 24.0 Å². The Kier molecular flexibility index (Phi) is 6.47. The van der Waals surface area contributed by atoms with Gasteiger partial charge >= 0.3 is 5.97 Å². The molecular weight excluding hydrogens is 464 g/mol. The number of methoxy groups -OCH3 is 1. The van der Waals surface area contributed by atoms with Gasteiger partial charge in [-0.3, -0.25) is 9.59 Å². The molecule has 1 aromatic heterocycles. The number of thiophene rings is 1. The summed E-state index contributed by atoms with van der Waals surface area (Å²) in [6.45, 7) is 3.33. The maximum Gasteiger partial charge on any atom is 0.337 e. The molecule has 2 amide bonds. The third-order valence-corrected chi connectivity index (χ3v) is 6.47. The van der Waals surface area contributed by atoms with Crippen molar-refractivity contribution in [2.24, 2.45) is 5.73 Å². The van der Waals surface area contributed by atoms with Gasteiger partial charge in [-0.2, -0.15) is 0 Å². The van der Waals surface area contributed by atoms with Gasteiger partial charge < -0.3 is 26.0 Å². The van der Waals surface area contributed by atoms with Crippen molar-refractivity contribution in [3.05, 3.63) is 76.0 Å². The number of amides is 2. The minimum atomic E-state index is -0.987. The fourth-order valence-corrected chi connectivity index (χ4v) is 4.53. The molecule has 0 bridgehead atoms. The van der Waals surface area contributed by atoms with Crippen LogP contribution in [0.1, 0.15) is 34.6 Å². The first-order chi connectivity index (χ1) is 16.6. The van der Waals surface area contributed by atoms with E-state index >= 15 is 0 Å². The Bertz CT molecular complexity index is 1320. The molecule has 1 aliphatic rings. The molecule has 0 atom stereocenters. The summed E-state index contributed by atoms with van der Waals surface area (Å²) in [5.41, 5.74) is 9.10.